The third kappa shape index (κ3) is 44.2. The molecule has 20 nitrogen and oxygen atoms in total. The van der Waals surface area contributed by atoms with Crippen molar-refractivity contribution in [2.75, 3.05) is 72.7 Å². The van der Waals surface area contributed by atoms with E-state index in [9.17, 15) is 33.6 Å². The minimum Gasteiger partial charge on any atom is -0.494 e. The van der Waals surface area contributed by atoms with Crippen molar-refractivity contribution < 1.29 is 95.1 Å². The second kappa shape index (κ2) is 65.4. The van der Waals surface area contributed by atoms with Gasteiger partial charge in [-0.25, -0.2) is 14.4 Å². The third-order valence-electron chi connectivity index (χ3n) is 24.8. The van der Waals surface area contributed by atoms with E-state index < -0.39 is 30.1 Å². The molecule has 3 fully saturated rings. The molecule has 126 heavy (non-hydrogen) atoms. The first-order chi connectivity index (χ1) is 61.9. The molecule has 2 saturated carbocycles. The number of ether oxygens (including phenoxy) is 13. The maximum absolute atomic E-state index is 13.6. The zero-order valence-corrected chi connectivity index (χ0v) is 76.8. The summed E-state index contributed by atoms with van der Waals surface area (Å²) < 4.78 is 75.4. The Morgan fingerprint density at radius 1 is 0.341 bits per heavy atom. The zero-order valence-electron chi connectivity index (χ0n) is 76.8. The van der Waals surface area contributed by atoms with Gasteiger partial charge in [-0.2, -0.15) is 0 Å². The van der Waals surface area contributed by atoms with Crippen LogP contribution in [0.3, 0.4) is 0 Å². The van der Waals surface area contributed by atoms with E-state index in [4.69, 9.17) is 61.6 Å². The van der Waals surface area contributed by atoms with Gasteiger partial charge in [0, 0.05) is 26.4 Å². The highest BCUT2D eigenvalue weighted by molar-refractivity contribution is 5.93. The average Bonchev–Trinajstić information content (AvgIpc) is 0.846. The summed E-state index contributed by atoms with van der Waals surface area (Å²) in [5, 5.41) is 0. The maximum Gasteiger partial charge on any atom is 0.343 e. The lowest BCUT2D eigenvalue weighted by Gasteiger charge is -2.29. The summed E-state index contributed by atoms with van der Waals surface area (Å²) in [7, 11) is 0. The molecule has 3 atom stereocenters. The fourth-order valence-electron chi connectivity index (χ4n) is 17.0. The molecule has 5 aromatic rings. The second-order valence-electron chi connectivity index (χ2n) is 35.1. The molecular weight excluding hydrogens is 1590 g/mol. The van der Waals surface area contributed by atoms with Crippen molar-refractivity contribution in [3.8, 4) is 34.5 Å². The quantitative estimate of drug-likeness (QED) is 0.0116. The van der Waals surface area contributed by atoms with Gasteiger partial charge >= 0.3 is 29.8 Å². The minimum atomic E-state index is -0.825. The van der Waals surface area contributed by atoms with Crippen LogP contribution in [-0.4, -0.2) is 134 Å². The van der Waals surface area contributed by atoms with Gasteiger partial charge in [0.2, 0.25) is 0 Å². The van der Waals surface area contributed by atoms with Crippen LogP contribution >= 0.6 is 0 Å². The molecule has 0 aromatic heterocycles. The van der Waals surface area contributed by atoms with Crippen LogP contribution in [0.2, 0.25) is 0 Å². The van der Waals surface area contributed by atoms with Crippen molar-refractivity contribution in [2.24, 2.45) is 11.8 Å². The van der Waals surface area contributed by atoms with Crippen LogP contribution in [0.15, 0.2) is 115 Å². The van der Waals surface area contributed by atoms with E-state index in [-0.39, 0.29) is 37.7 Å². The van der Waals surface area contributed by atoms with Crippen molar-refractivity contribution in [1.29, 1.82) is 0 Å². The Kier molecular flexibility index (Phi) is 53.6. The molecule has 0 spiro atoms. The number of hydrogen-bond donors (Lipinski definition) is 0. The van der Waals surface area contributed by atoms with Gasteiger partial charge in [0.1, 0.15) is 64.8 Å². The molecule has 0 amide bonds. The first-order valence-corrected chi connectivity index (χ1v) is 49.3. The topological polar surface area (TPSA) is 239 Å². The van der Waals surface area contributed by atoms with E-state index in [1.807, 2.05) is 54.6 Å². The maximum atomic E-state index is 13.6. The first-order valence-electron chi connectivity index (χ1n) is 49.3. The van der Waals surface area contributed by atoms with Crippen molar-refractivity contribution in [1.82, 2.24) is 0 Å². The Morgan fingerprint density at radius 3 is 1.10 bits per heavy atom. The number of benzene rings is 5. The summed E-state index contributed by atoms with van der Waals surface area (Å²) in [5.74, 6) is 4.40. The molecular formula is C106H154O20. The Hall–Kier alpha value is -8.17. The molecule has 3 aliphatic rings. The summed E-state index contributed by atoms with van der Waals surface area (Å²) in [4.78, 5) is 88.2. The predicted octanol–water partition coefficient (Wildman–Crippen LogP) is 25.4. The van der Waals surface area contributed by atoms with Crippen LogP contribution in [0.4, 0.5) is 0 Å². The van der Waals surface area contributed by atoms with Gasteiger partial charge in [0.15, 0.2) is 6.29 Å². The smallest absolute Gasteiger partial charge is 0.343 e. The Labute approximate surface area is 754 Å². The number of hydrogen-bond acceptors (Lipinski definition) is 20. The van der Waals surface area contributed by atoms with E-state index in [1.54, 1.807) is 36.4 Å². The SMILES string of the molecule is CCCCC[C@H]1CC[C@H](c2ccc(OC(=O)c3ccc(OCCCCCCCCOC(C=O)CC(=O)OCCCCCCCCOc4ccc(OCCCCCCCCOC(=O)CC(C=O)OCCCCCCCCOc5ccc(C(=O)Oc6ccc([C@H]7CC[C@H](CCCCC)CC7)cc6)cc5)c(C(=O)OCCCCCCOC5CCCCO5)c4)cc3)cc2)CC1. The number of esters is 5. The van der Waals surface area contributed by atoms with Crippen LogP contribution in [0.1, 0.15) is 383 Å². The second-order valence-corrected chi connectivity index (χ2v) is 35.1. The highest BCUT2D eigenvalue weighted by Gasteiger charge is 2.26. The number of unbranched alkanes of at least 4 members (excludes halogenated alkanes) is 27. The molecule has 0 radical (unpaired) electrons. The van der Waals surface area contributed by atoms with Crippen molar-refractivity contribution in [3.05, 3.63) is 143 Å². The molecule has 1 heterocycles. The molecule has 1 saturated heterocycles. The Morgan fingerprint density at radius 2 is 0.698 bits per heavy atom. The normalized spacial score (nSPS) is 16.8. The summed E-state index contributed by atoms with van der Waals surface area (Å²) in [6, 6.07) is 35.7. The summed E-state index contributed by atoms with van der Waals surface area (Å²) in [6.45, 7) is 9.71. The van der Waals surface area contributed by atoms with E-state index in [1.165, 1.54) is 114 Å². The predicted molar refractivity (Wildman–Crippen MR) is 494 cm³/mol. The van der Waals surface area contributed by atoms with Crippen LogP contribution in [0, 0.1) is 11.8 Å². The van der Waals surface area contributed by atoms with Gasteiger partial charge in [-0.15, -0.1) is 0 Å². The van der Waals surface area contributed by atoms with Crippen molar-refractivity contribution >= 4 is 42.4 Å². The van der Waals surface area contributed by atoms with Crippen LogP contribution in [-0.2, 0) is 52.3 Å². The van der Waals surface area contributed by atoms with Gasteiger partial charge in [-0.1, -0.05) is 199 Å². The minimum absolute atomic E-state index is 0.0915. The number of carbonyl (C=O) groups excluding carboxylic acids is 7. The molecule has 1 aliphatic heterocycles. The highest BCUT2D eigenvalue weighted by Crippen LogP contribution is 2.40. The largest absolute Gasteiger partial charge is 0.494 e. The Bertz CT molecular complexity index is 3710. The van der Waals surface area contributed by atoms with Gasteiger partial charge < -0.3 is 71.2 Å². The summed E-state index contributed by atoms with van der Waals surface area (Å²) in [5.41, 5.74) is 3.97. The number of carbonyl (C=O) groups is 7. The van der Waals surface area contributed by atoms with Gasteiger partial charge in [0.25, 0.3) is 0 Å². The molecule has 0 bridgehead atoms. The zero-order chi connectivity index (χ0) is 88.7. The molecule has 3 unspecified atom stereocenters. The van der Waals surface area contributed by atoms with Crippen LogP contribution in [0.5, 0.6) is 34.5 Å². The summed E-state index contributed by atoms with van der Waals surface area (Å²) >= 11 is 0. The molecule has 0 N–H and O–H groups in total. The van der Waals surface area contributed by atoms with Crippen LogP contribution in [0.25, 0.3) is 0 Å². The standard InChI is InChI=1S/C106H154O20/c1-3-5-25-39-84-42-46-86(47-43-84)88-50-62-94(63-51-88)125-104(111)90-54-58-92(59-55-90)114-68-28-15-7-9-18-31-71-117-97(82-107)80-101(109)120-74-34-21-13-11-17-30-70-116-96-66-67-100(99(79-96)106(113)124-78-37-24-23-36-76-122-103-41-27-38-77-123-103)119-73-33-20-12-14-22-35-75-121-102(110)81-98(83-108)118-72-32-19-10-8-16-29-69-115-93-60-56-91(57-61-93)105(112)126-95-64-52-89(53-65-95)87-48-44-85(45-49-87)40-26-6-4-2/h50-67,79,82-87,97-98,103H,3-49,68-78,80-81H2,1-2H3/t84-,85-,86-,87-,97?,98?,103?. The van der Waals surface area contributed by atoms with Gasteiger partial charge in [-0.05, 0) is 267 Å². The fraction of sp³-hybridized carbons (Fsp3) is 0.651. The van der Waals surface area contributed by atoms with E-state index in [0.29, 0.717) is 135 Å². The lowest BCUT2D eigenvalue weighted by atomic mass is 9.77. The van der Waals surface area contributed by atoms with Crippen molar-refractivity contribution in [3.63, 3.8) is 0 Å². The van der Waals surface area contributed by atoms with Crippen LogP contribution < -0.4 is 28.4 Å². The molecule has 5 aromatic carbocycles. The average molecular weight is 1750 g/mol. The van der Waals surface area contributed by atoms with Gasteiger partial charge in [-0.3, -0.25) is 9.59 Å². The van der Waals surface area contributed by atoms with E-state index in [0.717, 1.165) is 217 Å². The van der Waals surface area contributed by atoms with Gasteiger partial charge in [0.05, 0.1) is 70.2 Å². The number of aldehydes is 2. The monoisotopic (exact) mass is 1750 g/mol. The van der Waals surface area contributed by atoms with Crippen molar-refractivity contribution in [2.45, 2.75) is 359 Å². The van der Waals surface area contributed by atoms with E-state index >= 15 is 0 Å². The molecule has 2 aliphatic carbocycles. The molecule has 8 rings (SSSR count). The number of rotatable bonds is 71. The third-order valence-corrected chi connectivity index (χ3v) is 24.8. The Balaban J connectivity index is 0.586. The lowest BCUT2D eigenvalue weighted by molar-refractivity contribution is -0.162. The fourth-order valence-corrected chi connectivity index (χ4v) is 17.0. The molecule has 20 heteroatoms. The first kappa shape index (κ1) is 103. The molecule has 698 valence electrons. The lowest BCUT2D eigenvalue weighted by Crippen LogP contribution is -2.22. The highest BCUT2D eigenvalue weighted by atomic mass is 16.7. The van der Waals surface area contributed by atoms with E-state index in [2.05, 4.69) is 38.1 Å². The summed E-state index contributed by atoms with van der Waals surface area (Å²) in [6.07, 6.45) is 49.2.